The van der Waals surface area contributed by atoms with Crippen LogP contribution in [-0.2, 0) is 11.3 Å². The molecule has 1 amide bonds. The van der Waals surface area contributed by atoms with Crippen molar-refractivity contribution in [2.45, 2.75) is 20.4 Å². The molecule has 3 nitrogen and oxygen atoms in total. The predicted molar refractivity (Wildman–Crippen MR) is 79.2 cm³/mol. The van der Waals surface area contributed by atoms with E-state index in [2.05, 4.69) is 10.6 Å². The van der Waals surface area contributed by atoms with E-state index in [1.54, 1.807) is 6.07 Å². The molecule has 21 heavy (non-hydrogen) atoms. The Labute approximate surface area is 122 Å². The Kier molecular flexibility index (Phi) is 4.52. The molecule has 0 saturated heterocycles. The fourth-order valence-corrected chi connectivity index (χ4v) is 1.96. The summed E-state index contributed by atoms with van der Waals surface area (Å²) in [5.41, 5.74) is 3.16. The van der Waals surface area contributed by atoms with Crippen LogP contribution in [0.25, 0.3) is 0 Å². The van der Waals surface area contributed by atoms with Gasteiger partial charge in [-0.25, -0.2) is 8.78 Å². The van der Waals surface area contributed by atoms with E-state index in [1.165, 1.54) is 19.1 Å². The topological polar surface area (TPSA) is 41.1 Å². The standard InChI is InChI=1S/C16H16F2N2O/c1-10-7-13(4-6-16(10)20-11(2)21)19-9-12-3-5-14(17)15(18)8-12/h3-8,19H,9H2,1-2H3,(H,20,21). The molecule has 0 atom stereocenters. The zero-order chi connectivity index (χ0) is 15.4. The van der Waals surface area contributed by atoms with Gasteiger partial charge in [-0.1, -0.05) is 6.07 Å². The lowest BCUT2D eigenvalue weighted by Gasteiger charge is -2.11. The second kappa shape index (κ2) is 6.35. The third kappa shape index (κ3) is 4.02. The second-order valence-corrected chi connectivity index (χ2v) is 4.81. The Morgan fingerprint density at radius 1 is 1.10 bits per heavy atom. The average molecular weight is 290 g/mol. The van der Waals surface area contributed by atoms with Crippen molar-refractivity contribution in [2.24, 2.45) is 0 Å². The summed E-state index contributed by atoms with van der Waals surface area (Å²) in [6.07, 6.45) is 0. The Morgan fingerprint density at radius 2 is 1.86 bits per heavy atom. The van der Waals surface area contributed by atoms with Crippen LogP contribution in [0, 0.1) is 18.6 Å². The highest BCUT2D eigenvalue weighted by Gasteiger charge is 2.04. The number of benzene rings is 2. The minimum Gasteiger partial charge on any atom is -0.381 e. The van der Waals surface area contributed by atoms with Crippen molar-refractivity contribution < 1.29 is 13.6 Å². The number of hydrogen-bond acceptors (Lipinski definition) is 2. The van der Waals surface area contributed by atoms with Crippen LogP contribution in [0.15, 0.2) is 36.4 Å². The maximum atomic E-state index is 13.1. The van der Waals surface area contributed by atoms with Gasteiger partial charge in [-0.3, -0.25) is 4.79 Å². The molecule has 0 fully saturated rings. The third-order valence-electron chi connectivity index (χ3n) is 3.02. The summed E-state index contributed by atoms with van der Waals surface area (Å²) >= 11 is 0. The number of amides is 1. The van der Waals surface area contributed by atoms with Crippen molar-refractivity contribution in [3.05, 3.63) is 59.2 Å². The van der Waals surface area contributed by atoms with Crippen molar-refractivity contribution in [1.29, 1.82) is 0 Å². The smallest absolute Gasteiger partial charge is 0.221 e. The van der Waals surface area contributed by atoms with Gasteiger partial charge in [0.25, 0.3) is 0 Å². The maximum absolute atomic E-state index is 13.1. The van der Waals surface area contributed by atoms with E-state index in [9.17, 15) is 13.6 Å². The van der Waals surface area contributed by atoms with Gasteiger partial charge in [0.05, 0.1) is 0 Å². The van der Waals surface area contributed by atoms with Gasteiger partial charge in [-0.15, -0.1) is 0 Å². The molecule has 0 aliphatic heterocycles. The van der Waals surface area contributed by atoms with E-state index in [1.807, 2.05) is 19.1 Å². The van der Waals surface area contributed by atoms with Gasteiger partial charge in [0, 0.05) is 24.8 Å². The molecule has 0 bridgehead atoms. The molecule has 0 spiro atoms. The van der Waals surface area contributed by atoms with Gasteiger partial charge in [-0.2, -0.15) is 0 Å². The fraction of sp³-hybridized carbons (Fsp3) is 0.188. The first-order valence-corrected chi connectivity index (χ1v) is 6.52. The van der Waals surface area contributed by atoms with Crippen molar-refractivity contribution in [2.75, 3.05) is 10.6 Å². The summed E-state index contributed by atoms with van der Waals surface area (Å²) < 4.78 is 25.9. The summed E-state index contributed by atoms with van der Waals surface area (Å²) in [6.45, 7) is 3.72. The van der Waals surface area contributed by atoms with Crippen LogP contribution in [0.3, 0.4) is 0 Å². The molecule has 0 aliphatic carbocycles. The predicted octanol–water partition coefficient (Wildman–Crippen LogP) is 3.84. The van der Waals surface area contributed by atoms with Gasteiger partial charge in [-0.05, 0) is 48.4 Å². The summed E-state index contributed by atoms with van der Waals surface area (Å²) in [5.74, 6) is -1.83. The van der Waals surface area contributed by atoms with Crippen molar-refractivity contribution in [3.63, 3.8) is 0 Å². The van der Waals surface area contributed by atoms with E-state index in [-0.39, 0.29) is 5.91 Å². The van der Waals surface area contributed by atoms with Crippen LogP contribution in [0.1, 0.15) is 18.1 Å². The van der Waals surface area contributed by atoms with Crippen LogP contribution < -0.4 is 10.6 Å². The Bertz CT molecular complexity index is 671. The number of carbonyl (C=O) groups is 1. The van der Waals surface area contributed by atoms with E-state index in [0.29, 0.717) is 12.1 Å². The monoisotopic (exact) mass is 290 g/mol. The quantitative estimate of drug-likeness (QED) is 0.898. The molecule has 0 aliphatic rings. The zero-order valence-electron chi connectivity index (χ0n) is 11.8. The number of carbonyl (C=O) groups excluding carboxylic acids is 1. The largest absolute Gasteiger partial charge is 0.381 e. The number of nitrogens with one attached hydrogen (secondary N) is 2. The molecule has 2 aromatic carbocycles. The highest BCUT2D eigenvalue weighted by atomic mass is 19.2. The molecule has 110 valence electrons. The highest BCUT2D eigenvalue weighted by Crippen LogP contribution is 2.20. The number of hydrogen-bond donors (Lipinski definition) is 2. The summed E-state index contributed by atoms with van der Waals surface area (Å²) in [5, 5.41) is 5.86. The van der Waals surface area contributed by atoms with Crippen LogP contribution in [0.4, 0.5) is 20.2 Å². The van der Waals surface area contributed by atoms with Crippen LogP contribution >= 0.6 is 0 Å². The summed E-state index contributed by atoms with van der Waals surface area (Å²) in [4.78, 5) is 11.0. The molecule has 2 aromatic rings. The molecule has 0 radical (unpaired) electrons. The minimum absolute atomic E-state index is 0.124. The molecule has 0 unspecified atom stereocenters. The molecular weight excluding hydrogens is 274 g/mol. The number of anilines is 2. The molecule has 2 rings (SSSR count). The Balaban J connectivity index is 2.04. The number of aryl methyl sites for hydroxylation is 1. The lowest BCUT2D eigenvalue weighted by Crippen LogP contribution is -2.07. The lowest BCUT2D eigenvalue weighted by atomic mass is 10.1. The third-order valence-corrected chi connectivity index (χ3v) is 3.02. The normalized spacial score (nSPS) is 10.3. The van der Waals surface area contributed by atoms with Gasteiger partial charge in [0.1, 0.15) is 0 Å². The van der Waals surface area contributed by atoms with E-state index >= 15 is 0 Å². The molecule has 0 aromatic heterocycles. The molecule has 0 heterocycles. The lowest BCUT2D eigenvalue weighted by molar-refractivity contribution is -0.114. The van der Waals surface area contributed by atoms with Crippen molar-refractivity contribution in [1.82, 2.24) is 0 Å². The van der Waals surface area contributed by atoms with E-state index in [0.717, 1.165) is 23.0 Å². The Morgan fingerprint density at radius 3 is 2.48 bits per heavy atom. The maximum Gasteiger partial charge on any atom is 0.221 e. The molecular formula is C16H16F2N2O. The van der Waals surface area contributed by atoms with E-state index < -0.39 is 11.6 Å². The summed E-state index contributed by atoms with van der Waals surface area (Å²) in [6, 6.07) is 9.30. The van der Waals surface area contributed by atoms with Gasteiger partial charge in [0.2, 0.25) is 5.91 Å². The van der Waals surface area contributed by atoms with Crippen molar-refractivity contribution >= 4 is 17.3 Å². The minimum atomic E-state index is -0.855. The Hall–Kier alpha value is -2.43. The SMILES string of the molecule is CC(=O)Nc1ccc(NCc2ccc(F)c(F)c2)cc1C. The first-order valence-electron chi connectivity index (χ1n) is 6.52. The number of halogens is 2. The van der Waals surface area contributed by atoms with Crippen LogP contribution in [0.5, 0.6) is 0 Å². The number of rotatable bonds is 4. The second-order valence-electron chi connectivity index (χ2n) is 4.81. The highest BCUT2D eigenvalue weighted by molar-refractivity contribution is 5.89. The molecule has 2 N–H and O–H groups in total. The van der Waals surface area contributed by atoms with Gasteiger partial charge < -0.3 is 10.6 Å². The molecule has 0 saturated carbocycles. The van der Waals surface area contributed by atoms with E-state index in [4.69, 9.17) is 0 Å². The zero-order valence-corrected chi connectivity index (χ0v) is 11.8. The van der Waals surface area contributed by atoms with Gasteiger partial charge >= 0.3 is 0 Å². The van der Waals surface area contributed by atoms with Crippen LogP contribution in [0.2, 0.25) is 0 Å². The summed E-state index contributed by atoms with van der Waals surface area (Å²) in [7, 11) is 0. The first-order chi connectivity index (χ1) is 9.95. The van der Waals surface area contributed by atoms with Crippen LogP contribution in [-0.4, -0.2) is 5.91 Å². The molecule has 5 heteroatoms. The average Bonchev–Trinajstić information content (AvgIpc) is 2.42. The first kappa shape index (κ1) is 15.0. The van der Waals surface area contributed by atoms with Gasteiger partial charge in [0.15, 0.2) is 11.6 Å². The fourth-order valence-electron chi connectivity index (χ4n) is 1.96. The van der Waals surface area contributed by atoms with Crippen molar-refractivity contribution in [3.8, 4) is 0 Å².